The molecule has 21 heavy (non-hydrogen) atoms. The summed E-state index contributed by atoms with van der Waals surface area (Å²) < 4.78 is 0. The van der Waals surface area contributed by atoms with Gasteiger partial charge in [-0.25, -0.2) is 0 Å². The first-order valence-corrected chi connectivity index (χ1v) is 7.78. The van der Waals surface area contributed by atoms with Gasteiger partial charge in [0.05, 0.1) is 10.3 Å². The molecular formula is C15H22ClN3O2. The molecule has 1 aliphatic heterocycles. The molecule has 1 aromatic rings. The summed E-state index contributed by atoms with van der Waals surface area (Å²) in [5.41, 5.74) is 1.64. The van der Waals surface area contributed by atoms with Gasteiger partial charge in [-0.1, -0.05) is 19.1 Å². The number of hydrogen-bond donors (Lipinski definition) is 0. The Morgan fingerprint density at radius 2 is 1.90 bits per heavy atom. The largest absolute Gasteiger partial charge is 0.301 e. The zero-order valence-electron chi connectivity index (χ0n) is 12.6. The maximum Gasteiger partial charge on any atom is 0.272 e. The summed E-state index contributed by atoms with van der Waals surface area (Å²) in [5, 5.41) is 10.8. The third-order valence-corrected chi connectivity index (χ3v) is 4.51. The molecule has 0 amide bonds. The molecule has 1 atom stereocenters. The van der Waals surface area contributed by atoms with Gasteiger partial charge in [0.2, 0.25) is 0 Å². The minimum atomic E-state index is -0.345. The Morgan fingerprint density at radius 3 is 2.48 bits per heavy atom. The lowest BCUT2D eigenvalue weighted by Gasteiger charge is -2.34. The van der Waals surface area contributed by atoms with Crippen molar-refractivity contribution in [2.24, 2.45) is 0 Å². The monoisotopic (exact) mass is 311 g/mol. The molecule has 6 heteroatoms. The third kappa shape index (κ3) is 4.15. The number of likely N-dealkylation sites (N-methyl/N-ethyl adjacent to an activating group) is 1. The van der Waals surface area contributed by atoms with Gasteiger partial charge in [0.25, 0.3) is 5.69 Å². The van der Waals surface area contributed by atoms with Gasteiger partial charge in [0.15, 0.2) is 0 Å². The van der Waals surface area contributed by atoms with Crippen LogP contribution in [0.25, 0.3) is 0 Å². The normalized spacial score (nSPS) is 18.6. The predicted octanol–water partition coefficient (Wildman–Crippen LogP) is 2.82. The summed E-state index contributed by atoms with van der Waals surface area (Å²) in [4.78, 5) is 15.4. The van der Waals surface area contributed by atoms with Crippen LogP contribution in [0.1, 0.15) is 23.4 Å². The molecule has 116 valence electrons. The molecule has 1 fully saturated rings. The van der Waals surface area contributed by atoms with Crippen LogP contribution in [0.15, 0.2) is 18.2 Å². The van der Waals surface area contributed by atoms with E-state index in [9.17, 15) is 10.1 Å². The van der Waals surface area contributed by atoms with Crippen LogP contribution in [-0.2, 0) is 0 Å². The summed E-state index contributed by atoms with van der Waals surface area (Å²) in [6.45, 7) is 9.88. The fourth-order valence-electron chi connectivity index (χ4n) is 2.64. The fraction of sp³-hybridized carbons (Fsp3) is 0.600. The molecule has 0 aromatic heterocycles. The molecule has 0 bridgehead atoms. The van der Waals surface area contributed by atoms with Gasteiger partial charge >= 0.3 is 0 Å². The Labute approximate surface area is 130 Å². The molecule has 1 saturated heterocycles. The van der Waals surface area contributed by atoms with Crippen LogP contribution in [-0.4, -0.2) is 54.0 Å². The molecule has 1 unspecified atom stereocenters. The van der Waals surface area contributed by atoms with E-state index in [0.29, 0.717) is 5.56 Å². The molecular weight excluding hydrogens is 290 g/mol. The number of rotatable bonds is 5. The van der Waals surface area contributed by atoms with Gasteiger partial charge in [-0.15, -0.1) is 11.6 Å². The van der Waals surface area contributed by atoms with E-state index < -0.39 is 0 Å². The molecule has 0 spiro atoms. The van der Waals surface area contributed by atoms with E-state index in [1.54, 1.807) is 19.1 Å². The Hall–Kier alpha value is -1.17. The number of halogens is 1. The van der Waals surface area contributed by atoms with Crippen LogP contribution < -0.4 is 0 Å². The molecule has 5 nitrogen and oxygen atoms in total. The topological polar surface area (TPSA) is 49.6 Å². The molecule has 1 aliphatic rings. The van der Waals surface area contributed by atoms with E-state index in [1.807, 2.05) is 6.07 Å². The van der Waals surface area contributed by atoms with Crippen LogP contribution in [0.2, 0.25) is 0 Å². The lowest BCUT2D eigenvalue weighted by Crippen LogP contribution is -2.46. The Balaban J connectivity index is 1.99. The van der Waals surface area contributed by atoms with Crippen LogP contribution >= 0.6 is 11.6 Å². The van der Waals surface area contributed by atoms with Crippen LogP contribution in [0, 0.1) is 17.0 Å². The summed E-state index contributed by atoms with van der Waals surface area (Å²) in [6, 6.07) is 5.27. The highest BCUT2D eigenvalue weighted by Gasteiger charge is 2.21. The average Bonchev–Trinajstić information content (AvgIpc) is 2.48. The van der Waals surface area contributed by atoms with Gasteiger partial charge in [-0.05, 0) is 19.0 Å². The highest BCUT2D eigenvalue weighted by atomic mass is 35.5. The number of alkyl halides is 1. The maximum absolute atomic E-state index is 11.0. The maximum atomic E-state index is 11.0. The van der Waals surface area contributed by atoms with E-state index in [0.717, 1.165) is 44.8 Å². The first kappa shape index (κ1) is 16.2. The smallest absolute Gasteiger partial charge is 0.272 e. The number of nitrogens with zero attached hydrogens (tertiary/aromatic N) is 3. The molecule has 0 N–H and O–H groups in total. The average molecular weight is 312 g/mol. The second-order valence-electron chi connectivity index (χ2n) is 5.51. The van der Waals surface area contributed by atoms with Gasteiger partial charge in [-0.2, -0.15) is 0 Å². The van der Waals surface area contributed by atoms with Crippen molar-refractivity contribution < 1.29 is 4.92 Å². The van der Waals surface area contributed by atoms with Crippen LogP contribution in [0.4, 0.5) is 5.69 Å². The van der Waals surface area contributed by atoms with Gasteiger partial charge in [-0.3, -0.25) is 15.0 Å². The fourth-order valence-corrected chi connectivity index (χ4v) is 2.97. The Kier molecular flexibility index (Phi) is 5.56. The quantitative estimate of drug-likeness (QED) is 0.476. The zero-order chi connectivity index (χ0) is 15.4. The van der Waals surface area contributed by atoms with Crippen LogP contribution in [0.5, 0.6) is 0 Å². The van der Waals surface area contributed by atoms with Crippen molar-refractivity contribution in [2.75, 3.05) is 39.3 Å². The molecule has 1 heterocycles. The highest BCUT2D eigenvalue weighted by molar-refractivity contribution is 6.21. The Morgan fingerprint density at radius 1 is 1.29 bits per heavy atom. The van der Waals surface area contributed by atoms with Crippen LogP contribution in [0.3, 0.4) is 0 Å². The number of benzene rings is 1. The summed E-state index contributed by atoms with van der Waals surface area (Å²) in [7, 11) is 0. The number of nitro benzene ring substituents is 1. The summed E-state index contributed by atoms with van der Waals surface area (Å²) in [6.07, 6.45) is 0. The Bertz CT molecular complexity index is 502. The van der Waals surface area contributed by atoms with Crippen molar-refractivity contribution in [3.8, 4) is 0 Å². The van der Waals surface area contributed by atoms with E-state index in [1.165, 1.54) is 0 Å². The number of piperazine rings is 1. The van der Waals surface area contributed by atoms with Gasteiger partial charge in [0, 0.05) is 44.4 Å². The SMILES string of the molecule is CCN1CCN(CC(Cl)c2ccc(C)c([N+](=O)[O-])c2)CC1. The zero-order valence-corrected chi connectivity index (χ0v) is 13.3. The first-order chi connectivity index (χ1) is 10.0. The second kappa shape index (κ2) is 7.20. The molecule has 2 rings (SSSR count). The number of hydrogen-bond acceptors (Lipinski definition) is 4. The minimum absolute atomic E-state index is 0.147. The highest BCUT2D eigenvalue weighted by Crippen LogP contribution is 2.27. The van der Waals surface area contributed by atoms with E-state index in [-0.39, 0.29) is 16.0 Å². The van der Waals surface area contributed by atoms with Gasteiger partial charge < -0.3 is 4.90 Å². The van der Waals surface area contributed by atoms with Crippen molar-refractivity contribution in [3.05, 3.63) is 39.4 Å². The summed E-state index contributed by atoms with van der Waals surface area (Å²) >= 11 is 6.46. The first-order valence-electron chi connectivity index (χ1n) is 7.35. The van der Waals surface area contributed by atoms with Crippen molar-refractivity contribution in [1.29, 1.82) is 0 Å². The summed E-state index contributed by atoms with van der Waals surface area (Å²) in [5.74, 6) is 0. The van der Waals surface area contributed by atoms with Crippen molar-refractivity contribution in [2.45, 2.75) is 19.2 Å². The van der Waals surface area contributed by atoms with Crippen molar-refractivity contribution in [1.82, 2.24) is 9.80 Å². The van der Waals surface area contributed by atoms with Gasteiger partial charge in [0.1, 0.15) is 0 Å². The van der Waals surface area contributed by atoms with E-state index in [2.05, 4.69) is 16.7 Å². The molecule has 0 radical (unpaired) electrons. The van der Waals surface area contributed by atoms with Crippen molar-refractivity contribution >= 4 is 17.3 Å². The molecule has 0 saturated carbocycles. The second-order valence-corrected chi connectivity index (χ2v) is 6.03. The minimum Gasteiger partial charge on any atom is -0.301 e. The lowest BCUT2D eigenvalue weighted by atomic mass is 10.1. The lowest BCUT2D eigenvalue weighted by molar-refractivity contribution is -0.385. The predicted molar refractivity (Wildman–Crippen MR) is 85.0 cm³/mol. The number of aryl methyl sites for hydroxylation is 1. The van der Waals surface area contributed by atoms with E-state index >= 15 is 0 Å². The molecule has 1 aromatic carbocycles. The third-order valence-electron chi connectivity index (χ3n) is 4.12. The standard InChI is InChI=1S/C15H22ClN3O2/c1-3-17-6-8-18(9-7-17)11-14(16)13-5-4-12(2)15(10-13)19(20)21/h4-5,10,14H,3,6-9,11H2,1-2H3. The van der Waals surface area contributed by atoms with E-state index in [4.69, 9.17) is 11.6 Å². The van der Waals surface area contributed by atoms with Crippen molar-refractivity contribution in [3.63, 3.8) is 0 Å². The molecule has 0 aliphatic carbocycles. The number of nitro groups is 1.